The molecule has 0 radical (unpaired) electrons. The molecule has 1 atom stereocenters. The number of halogens is 2. The number of aryl methyl sites for hydroxylation is 4. The largest absolute Gasteiger partial charge is 0.378 e. The summed E-state index contributed by atoms with van der Waals surface area (Å²) in [5.74, 6) is 0. The van der Waals surface area contributed by atoms with E-state index >= 15 is 0 Å². The van der Waals surface area contributed by atoms with Crippen LogP contribution in [-0.2, 0) is 25.7 Å². The number of nitrogens with zero attached hydrogens (tertiary/aromatic N) is 1. The number of benzene rings is 4. The number of hydrogen-bond donors (Lipinski definition) is 1. The van der Waals surface area contributed by atoms with Gasteiger partial charge in [-0.3, -0.25) is 4.99 Å². The highest BCUT2D eigenvalue weighted by Gasteiger charge is 2.22. The molecule has 1 N–H and O–H groups in total. The molecular weight excluding hydrogens is 728 g/mol. The van der Waals surface area contributed by atoms with Gasteiger partial charge in [0.05, 0.1) is 11.7 Å². The van der Waals surface area contributed by atoms with Gasteiger partial charge in [0.25, 0.3) is 0 Å². The van der Waals surface area contributed by atoms with Gasteiger partial charge in [-0.2, -0.15) is 0 Å². The maximum Gasteiger partial charge on any atom is 0.0633 e. The highest BCUT2D eigenvalue weighted by atomic mass is 79.9. The monoisotopic (exact) mass is 784 g/mol. The molecule has 0 saturated carbocycles. The molecule has 0 saturated heterocycles. The van der Waals surface area contributed by atoms with E-state index in [4.69, 9.17) is 4.99 Å². The summed E-state index contributed by atoms with van der Waals surface area (Å²) in [6.07, 6.45) is 20.1. The van der Waals surface area contributed by atoms with Gasteiger partial charge in [0.2, 0.25) is 0 Å². The molecule has 0 bridgehead atoms. The molecule has 4 aromatic carbocycles. The molecule has 0 amide bonds. The molecule has 262 valence electrons. The summed E-state index contributed by atoms with van der Waals surface area (Å²) in [5.41, 5.74) is 12.1. The smallest absolute Gasteiger partial charge is 0.0633 e. The van der Waals surface area contributed by atoms with Crippen LogP contribution < -0.4 is 5.32 Å². The van der Waals surface area contributed by atoms with Gasteiger partial charge in [-0.1, -0.05) is 140 Å². The van der Waals surface area contributed by atoms with Gasteiger partial charge in [-0.15, -0.1) is 0 Å². The van der Waals surface area contributed by atoms with E-state index in [2.05, 4.69) is 136 Å². The molecular formula is C45H58Br2N2. The highest BCUT2D eigenvalue weighted by Crippen LogP contribution is 2.37. The number of anilines is 1. The second kappa shape index (κ2) is 20.9. The molecule has 0 aromatic heterocycles. The van der Waals surface area contributed by atoms with E-state index in [1.54, 1.807) is 0 Å². The first-order valence-corrected chi connectivity index (χ1v) is 20.2. The van der Waals surface area contributed by atoms with Gasteiger partial charge in [-0.25, -0.2) is 0 Å². The van der Waals surface area contributed by atoms with Gasteiger partial charge in [0.15, 0.2) is 0 Å². The maximum absolute atomic E-state index is 4.96. The summed E-state index contributed by atoms with van der Waals surface area (Å²) in [7, 11) is 0. The average molecular weight is 787 g/mol. The summed E-state index contributed by atoms with van der Waals surface area (Å²) < 4.78 is 2.41. The molecule has 0 spiro atoms. The van der Waals surface area contributed by atoms with Crippen LogP contribution in [0.5, 0.6) is 0 Å². The summed E-state index contributed by atoms with van der Waals surface area (Å²) in [5, 5.41) is 3.75. The quantitative estimate of drug-likeness (QED) is 0.134. The molecule has 0 aliphatic heterocycles. The average Bonchev–Trinajstić information content (AvgIpc) is 3.11. The molecule has 1 unspecified atom stereocenters. The first-order chi connectivity index (χ1) is 23.6. The lowest BCUT2D eigenvalue weighted by Gasteiger charge is -2.28. The van der Waals surface area contributed by atoms with Crippen LogP contribution in [0.25, 0.3) is 0 Å². The minimum Gasteiger partial charge on any atom is -0.378 e. The zero-order valence-electron chi connectivity index (χ0n) is 29.2. The van der Waals surface area contributed by atoms with E-state index in [1.807, 2.05) is 0 Å². The van der Waals surface area contributed by atoms with Crippen LogP contribution in [-0.4, -0.2) is 5.71 Å². The fraction of sp³-hybridized carbons (Fsp3) is 0.444. The van der Waals surface area contributed by atoms with Crippen LogP contribution in [0.2, 0.25) is 0 Å². The van der Waals surface area contributed by atoms with Gasteiger partial charge >= 0.3 is 0 Å². The van der Waals surface area contributed by atoms with Gasteiger partial charge in [0.1, 0.15) is 0 Å². The molecule has 0 fully saturated rings. The normalized spacial score (nSPS) is 15.8. The first kappa shape index (κ1) is 39.1. The highest BCUT2D eigenvalue weighted by molar-refractivity contribution is 9.10. The van der Waals surface area contributed by atoms with Crippen LogP contribution in [0.4, 0.5) is 11.4 Å². The summed E-state index contributed by atoms with van der Waals surface area (Å²) in [6, 6.07) is 31.4. The lowest BCUT2D eigenvalue weighted by molar-refractivity contribution is 0.598. The van der Waals surface area contributed by atoms with Crippen molar-refractivity contribution in [3.05, 3.63) is 127 Å². The lowest BCUT2D eigenvalue weighted by Crippen LogP contribution is -2.18. The van der Waals surface area contributed by atoms with Crippen LogP contribution in [0.15, 0.2) is 98.9 Å². The lowest BCUT2D eigenvalue weighted by atomic mass is 9.87. The SMILES string of the molecule is C.CCCCCCc1ccc(N=C2CCCc3cccc(Br)c32)cc1.CCCCCCc1ccc(NC2CCCc3cccc(Br)c32)cc1. The number of rotatable bonds is 13. The summed E-state index contributed by atoms with van der Waals surface area (Å²) in [4.78, 5) is 4.96. The Bertz CT molecular complexity index is 1590. The molecule has 2 aliphatic carbocycles. The molecule has 0 heterocycles. The van der Waals surface area contributed by atoms with E-state index in [9.17, 15) is 0 Å². The number of fused-ring (bicyclic) bond motifs is 2. The standard InChI is InChI=1S/C22H28BrN.C22H26BrN.CH4/c2*1-2-3-4-5-8-17-13-15-19(16-14-17)24-21-12-7-10-18-9-6-11-20(23)22(18)21;/h6,9,11,13-16,21,24H,2-5,7-8,10,12H2,1H3;6,9,11,13-16H,2-5,7-8,10,12H2,1H3;1H4. The van der Waals surface area contributed by atoms with E-state index in [0.717, 1.165) is 18.5 Å². The second-order valence-electron chi connectivity index (χ2n) is 13.6. The Morgan fingerprint density at radius 1 is 0.633 bits per heavy atom. The van der Waals surface area contributed by atoms with E-state index in [0.29, 0.717) is 6.04 Å². The van der Waals surface area contributed by atoms with Crippen LogP contribution >= 0.6 is 31.9 Å². The minimum atomic E-state index is 0. The fourth-order valence-electron chi connectivity index (χ4n) is 7.13. The number of unbranched alkanes of at least 4 members (excludes halogenated alkanes) is 6. The zero-order chi connectivity index (χ0) is 33.6. The van der Waals surface area contributed by atoms with Crippen LogP contribution in [0, 0.1) is 0 Å². The Morgan fingerprint density at radius 2 is 1.22 bits per heavy atom. The van der Waals surface area contributed by atoms with Crippen LogP contribution in [0.1, 0.15) is 138 Å². The van der Waals surface area contributed by atoms with Gasteiger partial charge < -0.3 is 5.32 Å². The van der Waals surface area contributed by atoms with Crippen molar-refractivity contribution in [2.75, 3.05) is 5.32 Å². The Hall–Kier alpha value is -2.69. The Labute approximate surface area is 314 Å². The van der Waals surface area contributed by atoms with Crippen molar-refractivity contribution in [2.24, 2.45) is 4.99 Å². The number of hydrogen-bond acceptors (Lipinski definition) is 2. The number of aliphatic imine (C=N–C) groups is 1. The molecule has 6 rings (SSSR count). The molecule has 2 aliphatic rings. The Kier molecular flexibility index (Phi) is 16.6. The second-order valence-corrected chi connectivity index (χ2v) is 15.3. The molecule has 4 aromatic rings. The first-order valence-electron chi connectivity index (χ1n) is 18.6. The third-order valence-electron chi connectivity index (χ3n) is 9.81. The van der Waals surface area contributed by atoms with Crippen LogP contribution in [0.3, 0.4) is 0 Å². The predicted octanol–water partition coefficient (Wildman–Crippen LogP) is 14.7. The topological polar surface area (TPSA) is 24.4 Å². The van der Waals surface area contributed by atoms with Crippen molar-refractivity contribution in [3.8, 4) is 0 Å². The van der Waals surface area contributed by atoms with Gasteiger partial charge in [-0.05, 0) is 128 Å². The van der Waals surface area contributed by atoms with Crippen molar-refractivity contribution in [1.82, 2.24) is 0 Å². The van der Waals surface area contributed by atoms with Crippen molar-refractivity contribution < 1.29 is 0 Å². The minimum absolute atomic E-state index is 0. The molecule has 4 heteroatoms. The third kappa shape index (κ3) is 11.7. The van der Waals surface area contributed by atoms with Crippen molar-refractivity contribution in [1.29, 1.82) is 0 Å². The van der Waals surface area contributed by atoms with E-state index < -0.39 is 0 Å². The zero-order valence-corrected chi connectivity index (χ0v) is 32.3. The summed E-state index contributed by atoms with van der Waals surface area (Å²) >= 11 is 7.46. The van der Waals surface area contributed by atoms with Crippen molar-refractivity contribution in [2.45, 2.75) is 130 Å². The Balaban J connectivity index is 0.000000216. The molecule has 2 nitrogen and oxygen atoms in total. The third-order valence-corrected chi connectivity index (χ3v) is 11.2. The number of nitrogens with one attached hydrogen (secondary N) is 1. The molecule has 49 heavy (non-hydrogen) atoms. The fourth-order valence-corrected chi connectivity index (χ4v) is 8.45. The van der Waals surface area contributed by atoms with Gasteiger partial charge in [0, 0.05) is 25.9 Å². The van der Waals surface area contributed by atoms with Crippen molar-refractivity contribution in [3.63, 3.8) is 0 Å². The Morgan fingerprint density at radius 3 is 1.88 bits per heavy atom. The van der Waals surface area contributed by atoms with E-state index in [1.165, 1.54) is 144 Å². The van der Waals surface area contributed by atoms with Crippen molar-refractivity contribution >= 4 is 48.9 Å². The maximum atomic E-state index is 4.96. The van der Waals surface area contributed by atoms with E-state index in [-0.39, 0.29) is 7.43 Å². The predicted molar refractivity (Wildman–Crippen MR) is 222 cm³/mol. The summed E-state index contributed by atoms with van der Waals surface area (Å²) in [6.45, 7) is 4.53.